The van der Waals surface area contributed by atoms with Gasteiger partial charge < -0.3 is 18.9 Å². The summed E-state index contributed by atoms with van der Waals surface area (Å²) in [7, 11) is 1.66. The van der Waals surface area contributed by atoms with E-state index in [4.69, 9.17) is 23.9 Å². The quantitative estimate of drug-likeness (QED) is 0.314. The molecule has 0 radical (unpaired) electrons. The van der Waals surface area contributed by atoms with Gasteiger partial charge in [0.15, 0.2) is 6.10 Å². The highest BCUT2D eigenvalue weighted by Gasteiger charge is 2.21. The molecule has 0 saturated heterocycles. The summed E-state index contributed by atoms with van der Waals surface area (Å²) >= 11 is 1.69. The largest absolute Gasteiger partial charge is 0.497 e. The Bertz CT molecular complexity index is 1080. The molecule has 2 aromatic carbocycles. The van der Waals surface area contributed by atoms with Crippen LogP contribution in [0.15, 0.2) is 42.5 Å². The Morgan fingerprint density at radius 3 is 2.47 bits per heavy atom. The molecule has 0 aliphatic rings. The van der Waals surface area contributed by atoms with Crippen LogP contribution in [-0.2, 0) is 27.1 Å². The van der Waals surface area contributed by atoms with Crippen molar-refractivity contribution in [2.75, 3.05) is 26.9 Å². The minimum atomic E-state index is -0.594. The van der Waals surface area contributed by atoms with Gasteiger partial charge in [-0.05, 0) is 69.2 Å². The first-order chi connectivity index (χ1) is 16.4. The van der Waals surface area contributed by atoms with Gasteiger partial charge in [0.05, 0.1) is 26.0 Å². The van der Waals surface area contributed by atoms with E-state index >= 15 is 0 Å². The molecule has 0 spiro atoms. The van der Waals surface area contributed by atoms with Gasteiger partial charge in [-0.3, -0.25) is 0 Å². The predicted molar refractivity (Wildman–Crippen MR) is 135 cm³/mol. The molecule has 1 heterocycles. The van der Waals surface area contributed by atoms with Crippen molar-refractivity contribution in [1.29, 1.82) is 0 Å². The topological polar surface area (TPSA) is 66.9 Å². The van der Waals surface area contributed by atoms with E-state index in [2.05, 4.69) is 6.92 Å². The lowest BCUT2D eigenvalue weighted by Crippen LogP contribution is -2.29. The first-order valence-corrected chi connectivity index (χ1v) is 12.4. The highest BCUT2D eigenvalue weighted by atomic mass is 32.1. The van der Waals surface area contributed by atoms with Crippen LogP contribution in [0.1, 0.15) is 35.5 Å². The molecule has 34 heavy (non-hydrogen) atoms. The number of aromatic nitrogens is 1. The highest BCUT2D eigenvalue weighted by molar-refractivity contribution is 7.15. The van der Waals surface area contributed by atoms with Crippen molar-refractivity contribution in [3.8, 4) is 22.1 Å². The zero-order chi connectivity index (χ0) is 24.5. The number of esters is 1. The SMILES string of the molecule is CCOC(=O)C(Cc1ccc(OCCc2nc(-c3ccc(OC)cc3)sc2C)c(C)c1)OCC. The molecule has 0 saturated carbocycles. The third kappa shape index (κ3) is 6.81. The molecule has 3 rings (SSSR count). The van der Waals surface area contributed by atoms with E-state index < -0.39 is 6.10 Å². The number of aryl methyl sites for hydroxylation is 2. The standard InChI is InChI=1S/C27H33NO5S/c1-6-31-25(27(29)32-7-2)17-20-8-13-24(18(3)16-20)33-15-14-23-19(4)34-26(28-23)21-9-11-22(30-5)12-10-21/h8-13,16,25H,6-7,14-15,17H2,1-5H3. The molecule has 0 fully saturated rings. The summed E-state index contributed by atoms with van der Waals surface area (Å²) in [6, 6.07) is 13.9. The number of benzene rings is 2. The van der Waals surface area contributed by atoms with Gasteiger partial charge in [0.2, 0.25) is 0 Å². The molecule has 0 aliphatic heterocycles. The Morgan fingerprint density at radius 2 is 1.82 bits per heavy atom. The van der Waals surface area contributed by atoms with Crippen LogP contribution in [0.25, 0.3) is 10.6 Å². The van der Waals surface area contributed by atoms with Crippen LogP contribution in [0, 0.1) is 13.8 Å². The van der Waals surface area contributed by atoms with Crippen LogP contribution in [-0.4, -0.2) is 44.0 Å². The molecule has 0 N–H and O–H groups in total. The smallest absolute Gasteiger partial charge is 0.335 e. The number of ether oxygens (including phenoxy) is 4. The van der Waals surface area contributed by atoms with E-state index in [9.17, 15) is 4.79 Å². The van der Waals surface area contributed by atoms with Crippen molar-refractivity contribution >= 4 is 17.3 Å². The maximum absolute atomic E-state index is 12.1. The number of nitrogens with zero attached hydrogens (tertiary/aromatic N) is 1. The van der Waals surface area contributed by atoms with Gasteiger partial charge in [-0.15, -0.1) is 11.3 Å². The van der Waals surface area contributed by atoms with Crippen LogP contribution in [0.3, 0.4) is 0 Å². The first kappa shape index (κ1) is 25.7. The minimum Gasteiger partial charge on any atom is -0.497 e. The fraction of sp³-hybridized carbons (Fsp3) is 0.407. The zero-order valence-corrected chi connectivity index (χ0v) is 21.4. The summed E-state index contributed by atoms with van der Waals surface area (Å²) < 4.78 is 22.0. The van der Waals surface area contributed by atoms with Crippen LogP contribution in [0.4, 0.5) is 0 Å². The fourth-order valence-corrected chi connectivity index (χ4v) is 4.60. The fourth-order valence-electron chi connectivity index (χ4n) is 3.64. The van der Waals surface area contributed by atoms with Gasteiger partial charge in [0.25, 0.3) is 0 Å². The summed E-state index contributed by atoms with van der Waals surface area (Å²) in [5.74, 6) is 1.34. The Morgan fingerprint density at radius 1 is 1.06 bits per heavy atom. The van der Waals surface area contributed by atoms with Crippen LogP contribution >= 0.6 is 11.3 Å². The second kappa shape index (κ2) is 12.5. The predicted octanol–water partition coefficient (Wildman–Crippen LogP) is 5.57. The number of carbonyl (C=O) groups excluding carboxylic acids is 1. The monoisotopic (exact) mass is 483 g/mol. The van der Waals surface area contributed by atoms with E-state index in [1.807, 2.05) is 56.3 Å². The zero-order valence-electron chi connectivity index (χ0n) is 20.6. The molecule has 7 heteroatoms. The summed E-state index contributed by atoms with van der Waals surface area (Å²) in [5.41, 5.74) is 4.17. The normalized spacial score (nSPS) is 11.8. The number of hydrogen-bond acceptors (Lipinski definition) is 7. The highest BCUT2D eigenvalue weighted by Crippen LogP contribution is 2.29. The first-order valence-electron chi connectivity index (χ1n) is 11.6. The molecule has 1 aromatic heterocycles. The Kier molecular flexibility index (Phi) is 9.48. The Balaban J connectivity index is 1.58. The van der Waals surface area contributed by atoms with E-state index in [-0.39, 0.29) is 5.97 Å². The Labute approximate surface area is 205 Å². The lowest BCUT2D eigenvalue weighted by Gasteiger charge is -2.16. The number of carbonyl (C=O) groups is 1. The van der Waals surface area contributed by atoms with Crippen molar-refractivity contribution in [2.45, 2.75) is 46.6 Å². The van der Waals surface area contributed by atoms with Gasteiger partial charge in [-0.25, -0.2) is 9.78 Å². The van der Waals surface area contributed by atoms with Gasteiger partial charge >= 0.3 is 5.97 Å². The Hall–Kier alpha value is -2.90. The number of hydrogen-bond donors (Lipinski definition) is 0. The van der Waals surface area contributed by atoms with Crippen molar-refractivity contribution < 1.29 is 23.7 Å². The molecule has 6 nitrogen and oxygen atoms in total. The molecule has 0 bridgehead atoms. The maximum Gasteiger partial charge on any atom is 0.335 e. The third-order valence-electron chi connectivity index (χ3n) is 5.40. The van der Waals surface area contributed by atoms with Crippen LogP contribution in [0.2, 0.25) is 0 Å². The summed E-state index contributed by atoms with van der Waals surface area (Å²) in [5, 5.41) is 1.00. The molecule has 3 aromatic rings. The molecule has 1 atom stereocenters. The van der Waals surface area contributed by atoms with Crippen molar-refractivity contribution in [3.63, 3.8) is 0 Å². The van der Waals surface area contributed by atoms with Gasteiger partial charge in [-0.2, -0.15) is 0 Å². The summed E-state index contributed by atoms with van der Waals surface area (Å²) in [6.45, 7) is 9.11. The maximum atomic E-state index is 12.1. The third-order valence-corrected chi connectivity index (χ3v) is 6.47. The number of methoxy groups -OCH3 is 1. The molecule has 0 aliphatic carbocycles. The molecule has 1 unspecified atom stereocenters. The van der Waals surface area contributed by atoms with Crippen molar-refractivity contribution in [3.05, 3.63) is 64.2 Å². The van der Waals surface area contributed by atoms with Crippen LogP contribution in [0.5, 0.6) is 11.5 Å². The lowest BCUT2D eigenvalue weighted by molar-refractivity contribution is -0.156. The van der Waals surface area contributed by atoms with Crippen molar-refractivity contribution in [1.82, 2.24) is 4.98 Å². The molecule has 0 amide bonds. The second-order valence-electron chi connectivity index (χ2n) is 7.85. The number of thiazole rings is 1. The molecular formula is C27H33NO5S. The van der Waals surface area contributed by atoms with Crippen molar-refractivity contribution in [2.24, 2.45) is 0 Å². The van der Waals surface area contributed by atoms with E-state index in [1.165, 1.54) is 4.88 Å². The average Bonchev–Trinajstić information content (AvgIpc) is 3.20. The second-order valence-corrected chi connectivity index (χ2v) is 9.05. The van der Waals surface area contributed by atoms with Gasteiger partial charge in [-0.1, -0.05) is 12.1 Å². The summed E-state index contributed by atoms with van der Waals surface area (Å²) in [6.07, 6.45) is 0.609. The van der Waals surface area contributed by atoms with E-state index in [0.717, 1.165) is 45.3 Å². The summed E-state index contributed by atoms with van der Waals surface area (Å²) in [4.78, 5) is 18.2. The van der Waals surface area contributed by atoms with Crippen LogP contribution < -0.4 is 9.47 Å². The van der Waals surface area contributed by atoms with E-state index in [1.54, 1.807) is 25.4 Å². The number of rotatable bonds is 12. The van der Waals surface area contributed by atoms with E-state index in [0.29, 0.717) is 26.2 Å². The van der Waals surface area contributed by atoms with Gasteiger partial charge in [0, 0.05) is 29.9 Å². The minimum absolute atomic E-state index is 0.324. The lowest BCUT2D eigenvalue weighted by atomic mass is 10.0. The van der Waals surface area contributed by atoms with Gasteiger partial charge in [0.1, 0.15) is 16.5 Å². The molecule has 182 valence electrons. The average molecular weight is 484 g/mol. The molecular weight excluding hydrogens is 450 g/mol.